The van der Waals surface area contributed by atoms with E-state index in [0.717, 1.165) is 12.2 Å². The van der Waals surface area contributed by atoms with Crippen molar-refractivity contribution in [1.82, 2.24) is 20.5 Å². The van der Waals surface area contributed by atoms with Crippen molar-refractivity contribution in [2.45, 2.75) is 19.4 Å². The molecule has 3 N–H and O–H groups in total. The highest BCUT2D eigenvalue weighted by Crippen LogP contribution is 2.18. The van der Waals surface area contributed by atoms with Gasteiger partial charge in [-0.25, -0.2) is 4.39 Å². The van der Waals surface area contributed by atoms with Gasteiger partial charge in [0.2, 0.25) is 0 Å². The number of pyridine rings is 1. The van der Waals surface area contributed by atoms with Crippen LogP contribution in [0, 0.1) is 5.82 Å². The normalized spacial score (nSPS) is 17.9. The number of aryl methyl sites for hydroxylation is 1. The lowest BCUT2D eigenvalue weighted by atomic mass is 10.2. The van der Waals surface area contributed by atoms with Gasteiger partial charge in [0.15, 0.2) is 11.5 Å². The Hall–Kier alpha value is -2.32. The third-order valence-electron chi connectivity index (χ3n) is 3.64. The lowest BCUT2D eigenvalue weighted by Gasteiger charge is -2.23. The Bertz CT molecular complexity index is 680. The Balaban J connectivity index is 1.67. The number of hydrogen-bond donors (Lipinski definition) is 3. The predicted octanol–water partition coefficient (Wildman–Crippen LogP) is 1.42. The van der Waals surface area contributed by atoms with Crippen molar-refractivity contribution >= 4 is 11.6 Å². The number of amides is 1. The molecule has 0 bridgehead atoms. The zero-order valence-corrected chi connectivity index (χ0v) is 12.7. The lowest BCUT2D eigenvalue weighted by Crippen LogP contribution is -2.33. The number of ether oxygens (including phenoxy) is 1. The summed E-state index contributed by atoms with van der Waals surface area (Å²) in [5, 5.41) is 12.0. The molecule has 0 spiro atoms. The molecule has 8 heteroatoms. The Morgan fingerprint density at radius 3 is 3.00 bits per heavy atom. The number of carbonyl (C=O) groups is 1. The van der Waals surface area contributed by atoms with Gasteiger partial charge in [0.1, 0.15) is 6.10 Å². The van der Waals surface area contributed by atoms with E-state index in [-0.39, 0.29) is 17.5 Å². The monoisotopic (exact) mass is 319 g/mol. The Morgan fingerprint density at radius 2 is 2.39 bits per heavy atom. The summed E-state index contributed by atoms with van der Waals surface area (Å²) in [4.78, 5) is 16.4. The summed E-state index contributed by atoms with van der Waals surface area (Å²) in [5.41, 5.74) is 1.34. The Morgan fingerprint density at radius 1 is 1.52 bits per heavy atom. The van der Waals surface area contributed by atoms with Crippen molar-refractivity contribution in [2.75, 3.05) is 25.0 Å². The molecule has 23 heavy (non-hydrogen) atoms. The predicted molar refractivity (Wildman–Crippen MR) is 81.7 cm³/mol. The van der Waals surface area contributed by atoms with E-state index < -0.39 is 11.7 Å². The molecule has 3 heterocycles. The van der Waals surface area contributed by atoms with E-state index in [2.05, 4.69) is 25.8 Å². The topological polar surface area (TPSA) is 91.9 Å². The molecule has 0 radical (unpaired) electrons. The SMILES string of the molecule is CCc1n[nH]c(C(=O)Nc2ccc([C@H]3CNCCO3)nc2)c1F. The first-order chi connectivity index (χ1) is 11.2. The minimum Gasteiger partial charge on any atom is -0.369 e. The molecule has 0 saturated carbocycles. The first kappa shape index (κ1) is 15.6. The molecular weight excluding hydrogens is 301 g/mol. The van der Waals surface area contributed by atoms with E-state index in [4.69, 9.17) is 4.74 Å². The Kier molecular flexibility index (Phi) is 4.63. The van der Waals surface area contributed by atoms with E-state index in [1.807, 2.05) is 0 Å². The molecule has 0 unspecified atom stereocenters. The van der Waals surface area contributed by atoms with Crippen LogP contribution in [0.2, 0.25) is 0 Å². The number of nitrogens with zero attached hydrogens (tertiary/aromatic N) is 2. The second kappa shape index (κ2) is 6.84. The minimum atomic E-state index is -0.615. The van der Waals surface area contributed by atoms with Crippen LogP contribution in [0.25, 0.3) is 0 Å². The van der Waals surface area contributed by atoms with Gasteiger partial charge in [-0.3, -0.25) is 14.9 Å². The van der Waals surface area contributed by atoms with Crippen molar-refractivity contribution in [1.29, 1.82) is 0 Å². The third-order valence-corrected chi connectivity index (χ3v) is 3.64. The highest BCUT2D eigenvalue weighted by Gasteiger charge is 2.19. The van der Waals surface area contributed by atoms with Gasteiger partial charge in [0.05, 0.1) is 29.9 Å². The highest BCUT2D eigenvalue weighted by molar-refractivity contribution is 6.03. The number of halogens is 1. The van der Waals surface area contributed by atoms with Gasteiger partial charge in [-0.15, -0.1) is 0 Å². The van der Waals surface area contributed by atoms with E-state index in [1.165, 1.54) is 6.20 Å². The maximum Gasteiger partial charge on any atom is 0.276 e. The van der Waals surface area contributed by atoms with Crippen LogP contribution in [-0.4, -0.2) is 40.8 Å². The van der Waals surface area contributed by atoms with Crippen LogP contribution in [-0.2, 0) is 11.2 Å². The zero-order chi connectivity index (χ0) is 16.2. The van der Waals surface area contributed by atoms with Crippen LogP contribution < -0.4 is 10.6 Å². The molecule has 1 aliphatic rings. The smallest absolute Gasteiger partial charge is 0.276 e. The van der Waals surface area contributed by atoms with Gasteiger partial charge in [-0.2, -0.15) is 5.10 Å². The van der Waals surface area contributed by atoms with E-state index in [0.29, 0.717) is 25.3 Å². The summed E-state index contributed by atoms with van der Waals surface area (Å²) in [6, 6.07) is 3.50. The number of H-pyrrole nitrogens is 1. The molecule has 2 aromatic heterocycles. The molecule has 7 nitrogen and oxygen atoms in total. The van der Waals surface area contributed by atoms with Crippen molar-refractivity contribution in [3.8, 4) is 0 Å². The van der Waals surface area contributed by atoms with Crippen molar-refractivity contribution < 1.29 is 13.9 Å². The summed E-state index contributed by atoms with van der Waals surface area (Å²) in [7, 11) is 0. The molecular formula is C15H18FN5O2. The van der Waals surface area contributed by atoms with Gasteiger partial charge in [-0.05, 0) is 18.6 Å². The van der Waals surface area contributed by atoms with Gasteiger partial charge in [0.25, 0.3) is 5.91 Å². The summed E-state index contributed by atoms with van der Waals surface area (Å²) >= 11 is 0. The number of anilines is 1. The second-order valence-electron chi connectivity index (χ2n) is 5.20. The molecule has 2 aromatic rings. The van der Waals surface area contributed by atoms with E-state index in [9.17, 15) is 9.18 Å². The number of aromatic amines is 1. The van der Waals surface area contributed by atoms with Crippen LogP contribution in [0.15, 0.2) is 18.3 Å². The summed E-state index contributed by atoms with van der Waals surface area (Å²) in [6.07, 6.45) is 1.85. The van der Waals surface area contributed by atoms with E-state index >= 15 is 0 Å². The number of rotatable bonds is 4. The largest absolute Gasteiger partial charge is 0.369 e. The first-order valence-electron chi connectivity index (χ1n) is 7.51. The standard InChI is InChI=1S/C15H18FN5O2/c1-2-10-13(16)14(21-20-10)15(22)19-9-3-4-11(18-7-9)12-8-17-5-6-23-12/h3-4,7,12,17H,2,5-6,8H2,1H3,(H,19,22)(H,20,21)/t12-/m1/s1. The summed E-state index contributed by atoms with van der Waals surface area (Å²) in [5.74, 6) is -1.20. The molecule has 1 saturated heterocycles. The van der Waals surface area contributed by atoms with Gasteiger partial charge < -0.3 is 15.4 Å². The van der Waals surface area contributed by atoms with Crippen LogP contribution in [0.3, 0.4) is 0 Å². The zero-order valence-electron chi connectivity index (χ0n) is 12.7. The number of aromatic nitrogens is 3. The second-order valence-corrected chi connectivity index (χ2v) is 5.20. The quantitative estimate of drug-likeness (QED) is 0.793. The highest BCUT2D eigenvalue weighted by atomic mass is 19.1. The van der Waals surface area contributed by atoms with Crippen molar-refractivity contribution in [2.24, 2.45) is 0 Å². The molecule has 1 aliphatic heterocycles. The first-order valence-corrected chi connectivity index (χ1v) is 7.51. The Labute approximate surface area is 132 Å². The number of hydrogen-bond acceptors (Lipinski definition) is 5. The van der Waals surface area contributed by atoms with Crippen LogP contribution in [0.1, 0.15) is 34.9 Å². The number of morpholine rings is 1. The number of carbonyl (C=O) groups excluding carboxylic acids is 1. The third kappa shape index (κ3) is 3.38. The average Bonchev–Trinajstić information content (AvgIpc) is 2.97. The molecule has 3 rings (SSSR count). The fraction of sp³-hybridized carbons (Fsp3) is 0.400. The average molecular weight is 319 g/mol. The molecule has 0 aliphatic carbocycles. The van der Waals surface area contributed by atoms with Crippen LogP contribution in [0.4, 0.5) is 10.1 Å². The molecule has 1 fully saturated rings. The minimum absolute atomic E-state index is 0.0920. The van der Waals surface area contributed by atoms with Crippen molar-refractivity contribution in [3.05, 3.63) is 41.2 Å². The van der Waals surface area contributed by atoms with Gasteiger partial charge in [-0.1, -0.05) is 6.92 Å². The van der Waals surface area contributed by atoms with Gasteiger partial charge in [0, 0.05) is 13.1 Å². The van der Waals surface area contributed by atoms with Crippen LogP contribution >= 0.6 is 0 Å². The summed E-state index contributed by atoms with van der Waals surface area (Å²) < 4.78 is 19.5. The molecule has 122 valence electrons. The van der Waals surface area contributed by atoms with E-state index in [1.54, 1.807) is 19.1 Å². The van der Waals surface area contributed by atoms with Crippen LogP contribution in [0.5, 0.6) is 0 Å². The number of nitrogens with one attached hydrogen (secondary N) is 3. The van der Waals surface area contributed by atoms with Crippen molar-refractivity contribution in [3.63, 3.8) is 0 Å². The fourth-order valence-electron chi connectivity index (χ4n) is 2.37. The maximum absolute atomic E-state index is 13.9. The van der Waals surface area contributed by atoms with Gasteiger partial charge >= 0.3 is 0 Å². The maximum atomic E-state index is 13.9. The molecule has 1 atom stereocenters. The molecule has 0 aromatic carbocycles. The summed E-state index contributed by atoms with van der Waals surface area (Å²) in [6.45, 7) is 3.95. The fourth-order valence-corrected chi connectivity index (χ4v) is 2.37. The molecule has 1 amide bonds. The lowest BCUT2D eigenvalue weighted by molar-refractivity contribution is 0.0250.